The quantitative estimate of drug-likeness (QED) is 0.216. The van der Waals surface area contributed by atoms with Crippen molar-refractivity contribution in [1.29, 1.82) is 0 Å². The van der Waals surface area contributed by atoms with E-state index in [4.69, 9.17) is 9.47 Å². The smallest absolute Gasteiger partial charge is 0.408 e. The fourth-order valence-corrected chi connectivity index (χ4v) is 5.52. The molecule has 0 aliphatic heterocycles. The summed E-state index contributed by atoms with van der Waals surface area (Å²) in [6.07, 6.45) is 0.579. The van der Waals surface area contributed by atoms with Crippen molar-refractivity contribution >= 4 is 23.9 Å². The molecule has 0 heterocycles. The van der Waals surface area contributed by atoms with Gasteiger partial charge in [-0.15, -0.1) is 0 Å². The number of ether oxygens (including phenoxy) is 2. The third-order valence-electron chi connectivity index (χ3n) is 8.52. The van der Waals surface area contributed by atoms with E-state index in [1.807, 2.05) is 97.0 Å². The molecule has 0 saturated carbocycles. The van der Waals surface area contributed by atoms with Gasteiger partial charge in [0.2, 0.25) is 11.8 Å². The van der Waals surface area contributed by atoms with Crippen LogP contribution >= 0.6 is 0 Å². The number of esters is 1. The number of hydrogen-bond donors (Lipinski definition) is 2. The highest BCUT2D eigenvalue weighted by Crippen LogP contribution is 2.36. The summed E-state index contributed by atoms with van der Waals surface area (Å²) in [6, 6.07) is 12.0. The predicted octanol–water partition coefficient (Wildman–Crippen LogP) is 7.37. The summed E-state index contributed by atoms with van der Waals surface area (Å²) in [6.45, 7) is 24.1. The van der Waals surface area contributed by atoms with E-state index in [2.05, 4.69) is 10.6 Å². The van der Waals surface area contributed by atoms with Crippen molar-refractivity contribution in [2.24, 2.45) is 5.92 Å². The predicted molar refractivity (Wildman–Crippen MR) is 190 cm³/mol. The normalized spacial score (nSPS) is 14.6. The number of rotatable bonds is 13. The molecule has 9 nitrogen and oxygen atoms in total. The van der Waals surface area contributed by atoms with Gasteiger partial charge in [0, 0.05) is 12.0 Å². The highest BCUT2D eigenvalue weighted by Gasteiger charge is 2.46. The lowest BCUT2D eigenvalue weighted by molar-refractivity contribution is -0.159. The molecule has 0 spiro atoms. The summed E-state index contributed by atoms with van der Waals surface area (Å²) in [7, 11) is 0. The van der Waals surface area contributed by atoms with Gasteiger partial charge < -0.3 is 25.0 Å². The van der Waals surface area contributed by atoms with Crippen molar-refractivity contribution in [2.75, 3.05) is 0 Å². The number of nitrogens with zero attached hydrogens (tertiary/aromatic N) is 1. The van der Waals surface area contributed by atoms with Crippen LogP contribution in [0, 0.1) is 19.8 Å². The Bertz CT molecular complexity index is 1390. The summed E-state index contributed by atoms with van der Waals surface area (Å²) in [5, 5.41) is 5.84. The molecule has 0 fully saturated rings. The summed E-state index contributed by atoms with van der Waals surface area (Å²) >= 11 is 0. The van der Waals surface area contributed by atoms with E-state index in [0.29, 0.717) is 18.4 Å². The molecule has 2 N–H and O–H groups in total. The summed E-state index contributed by atoms with van der Waals surface area (Å²) in [5.41, 5.74) is 0.729. The Morgan fingerprint density at radius 2 is 1.31 bits per heavy atom. The average molecular weight is 666 g/mol. The molecule has 3 amide bonds. The van der Waals surface area contributed by atoms with Crippen LogP contribution in [0.25, 0.3) is 0 Å². The van der Waals surface area contributed by atoms with Gasteiger partial charge in [0.05, 0.1) is 0 Å². The molecule has 4 atom stereocenters. The highest BCUT2D eigenvalue weighted by molar-refractivity contribution is 5.95. The molecule has 0 saturated heterocycles. The molecule has 2 aromatic rings. The maximum atomic E-state index is 15.0. The third kappa shape index (κ3) is 11.4. The Kier molecular flexibility index (Phi) is 13.8. The number of nitrogens with one attached hydrogen (secondary N) is 2. The van der Waals surface area contributed by atoms with Crippen LogP contribution in [-0.4, -0.2) is 57.6 Å². The van der Waals surface area contributed by atoms with Crippen molar-refractivity contribution in [3.8, 4) is 0 Å². The number of alkyl carbamates (subject to hydrolysis) is 1. The molecule has 48 heavy (non-hydrogen) atoms. The molecule has 2 aromatic carbocycles. The van der Waals surface area contributed by atoms with Crippen LogP contribution in [0.15, 0.2) is 48.5 Å². The van der Waals surface area contributed by atoms with Gasteiger partial charge in [-0.1, -0.05) is 75.7 Å². The van der Waals surface area contributed by atoms with Gasteiger partial charge in [-0.05, 0) is 104 Å². The monoisotopic (exact) mass is 665 g/mol. The molecule has 0 bridgehead atoms. The topological polar surface area (TPSA) is 114 Å². The van der Waals surface area contributed by atoms with Gasteiger partial charge in [-0.25, -0.2) is 9.59 Å². The van der Waals surface area contributed by atoms with Crippen LogP contribution < -0.4 is 10.6 Å². The maximum absolute atomic E-state index is 15.0. The molecule has 0 aromatic heterocycles. The molecule has 2 rings (SSSR count). The second kappa shape index (κ2) is 16.5. The number of aryl methyl sites for hydroxylation is 2. The zero-order chi connectivity index (χ0) is 36.6. The summed E-state index contributed by atoms with van der Waals surface area (Å²) in [4.78, 5) is 58.2. The largest absolute Gasteiger partial charge is 0.458 e. The van der Waals surface area contributed by atoms with Crippen molar-refractivity contribution in [2.45, 2.75) is 144 Å². The van der Waals surface area contributed by atoms with Crippen LogP contribution in [0.4, 0.5) is 4.79 Å². The van der Waals surface area contributed by atoms with Crippen LogP contribution in [0.1, 0.15) is 117 Å². The molecule has 0 aliphatic carbocycles. The van der Waals surface area contributed by atoms with E-state index in [9.17, 15) is 19.2 Å². The first kappa shape index (κ1) is 40.3. The van der Waals surface area contributed by atoms with Crippen molar-refractivity contribution < 1.29 is 28.7 Å². The minimum atomic E-state index is -1.14. The molecular formula is C39H59N3O6. The Morgan fingerprint density at radius 1 is 0.771 bits per heavy atom. The van der Waals surface area contributed by atoms with E-state index in [1.54, 1.807) is 46.4 Å². The molecule has 9 heteroatoms. The lowest BCUT2D eigenvalue weighted by atomic mass is 9.86. The highest BCUT2D eigenvalue weighted by atomic mass is 16.6. The van der Waals surface area contributed by atoms with Crippen molar-refractivity contribution in [3.05, 3.63) is 70.8 Å². The second-order valence-corrected chi connectivity index (χ2v) is 15.4. The fraction of sp³-hybridized carbons (Fsp3) is 0.590. The van der Waals surface area contributed by atoms with Crippen LogP contribution in [0.2, 0.25) is 0 Å². The number of hydrogen-bond acceptors (Lipinski definition) is 6. The summed E-state index contributed by atoms with van der Waals surface area (Å²) in [5.74, 6) is -1.79. The number of carbonyl (C=O) groups excluding carboxylic acids is 4. The maximum Gasteiger partial charge on any atom is 0.408 e. The van der Waals surface area contributed by atoms with Gasteiger partial charge in [-0.2, -0.15) is 0 Å². The van der Waals surface area contributed by atoms with Gasteiger partial charge >= 0.3 is 12.1 Å². The first-order chi connectivity index (χ1) is 22.1. The Balaban J connectivity index is 2.79. The molecule has 4 unspecified atom stereocenters. The van der Waals surface area contributed by atoms with Crippen LogP contribution in [0.3, 0.4) is 0 Å². The second-order valence-electron chi connectivity index (χ2n) is 15.4. The SMILES string of the molecule is CCC(C)C(NC(=O)OC(C)(C)C)C(=O)N(C(C(=O)NC(Cc1ccccc1)C(=O)OC(C)(C)C)c1c(C)cccc1C)C(C)(C)CC. The molecular weight excluding hydrogens is 606 g/mol. The van der Waals surface area contributed by atoms with Crippen LogP contribution in [-0.2, 0) is 30.3 Å². The summed E-state index contributed by atoms with van der Waals surface area (Å²) < 4.78 is 11.3. The fourth-order valence-electron chi connectivity index (χ4n) is 5.52. The minimum Gasteiger partial charge on any atom is -0.458 e. The van der Waals surface area contributed by atoms with E-state index in [-0.39, 0.29) is 12.3 Å². The first-order valence-electron chi connectivity index (χ1n) is 17.1. The van der Waals surface area contributed by atoms with Gasteiger partial charge in [0.25, 0.3) is 0 Å². The van der Waals surface area contributed by atoms with Gasteiger partial charge in [0.1, 0.15) is 29.3 Å². The number of amides is 3. The third-order valence-corrected chi connectivity index (χ3v) is 8.52. The molecule has 0 radical (unpaired) electrons. The molecule has 266 valence electrons. The van der Waals surface area contributed by atoms with E-state index < -0.39 is 58.7 Å². The average Bonchev–Trinajstić information content (AvgIpc) is 2.96. The lowest BCUT2D eigenvalue weighted by Crippen LogP contribution is -2.61. The van der Waals surface area contributed by atoms with Crippen LogP contribution in [0.5, 0.6) is 0 Å². The van der Waals surface area contributed by atoms with Crippen molar-refractivity contribution in [1.82, 2.24) is 15.5 Å². The first-order valence-corrected chi connectivity index (χ1v) is 17.1. The number of carbonyl (C=O) groups is 4. The zero-order valence-electron chi connectivity index (χ0n) is 31.4. The van der Waals surface area contributed by atoms with E-state index in [0.717, 1.165) is 16.7 Å². The minimum absolute atomic E-state index is 0.196. The van der Waals surface area contributed by atoms with E-state index in [1.165, 1.54) is 0 Å². The van der Waals surface area contributed by atoms with Crippen molar-refractivity contribution in [3.63, 3.8) is 0 Å². The standard InChI is InChI=1S/C39H59N3O6/c1-14-25(3)31(41-36(46)48-38(9,10)11)34(44)42(39(12,13)15-2)32(30-26(4)20-19-21-27(30)5)33(43)40-29(35(45)47-37(6,7)8)24-28-22-17-16-18-23-28/h16-23,25,29,31-32H,14-15,24H2,1-13H3,(H,40,43)(H,41,46). The zero-order valence-corrected chi connectivity index (χ0v) is 31.4. The van der Waals surface area contributed by atoms with E-state index >= 15 is 0 Å². The Labute approximate surface area is 288 Å². The molecule has 0 aliphatic rings. The number of benzene rings is 2. The van der Waals surface area contributed by atoms with Gasteiger partial charge in [0.15, 0.2) is 0 Å². The van der Waals surface area contributed by atoms with Gasteiger partial charge in [-0.3, -0.25) is 9.59 Å². The lowest BCUT2D eigenvalue weighted by Gasteiger charge is -2.46. The Morgan fingerprint density at radius 3 is 1.79 bits per heavy atom. The Hall–Kier alpha value is -3.88.